The maximum atomic E-state index is 12.7. The van der Waals surface area contributed by atoms with Crippen LogP contribution in [0.25, 0.3) is 27.7 Å². The Kier molecular flexibility index (Phi) is 3.80. The third kappa shape index (κ3) is 2.86. The van der Waals surface area contributed by atoms with Crippen LogP contribution in [-0.2, 0) is 6.18 Å². The molecule has 0 aliphatic heterocycles. The van der Waals surface area contributed by atoms with Crippen LogP contribution in [0.15, 0.2) is 73.2 Å². The van der Waals surface area contributed by atoms with Gasteiger partial charge in [0.05, 0.1) is 23.0 Å². The van der Waals surface area contributed by atoms with E-state index < -0.39 is 11.7 Å². The van der Waals surface area contributed by atoms with Gasteiger partial charge >= 0.3 is 6.18 Å². The average molecular weight is 352 g/mol. The van der Waals surface area contributed by atoms with Gasteiger partial charge in [-0.15, -0.1) is 0 Å². The van der Waals surface area contributed by atoms with Crippen molar-refractivity contribution in [3.63, 3.8) is 0 Å². The van der Waals surface area contributed by atoms with Crippen LogP contribution in [0.3, 0.4) is 0 Å². The van der Waals surface area contributed by atoms with Crippen LogP contribution < -0.4 is 0 Å². The van der Waals surface area contributed by atoms with Crippen LogP contribution in [0.4, 0.5) is 13.2 Å². The fourth-order valence-corrected chi connectivity index (χ4v) is 3.09. The number of benzene rings is 2. The molecular formula is C21H15F3N2. The zero-order valence-corrected chi connectivity index (χ0v) is 14.0. The second-order valence-corrected chi connectivity index (χ2v) is 6.20. The number of rotatable bonds is 2. The van der Waals surface area contributed by atoms with Gasteiger partial charge in [0.2, 0.25) is 0 Å². The van der Waals surface area contributed by atoms with Crippen LogP contribution >= 0.6 is 0 Å². The summed E-state index contributed by atoms with van der Waals surface area (Å²) in [5.41, 5.74) is 4.14. The molecule has 0 unspecified atom stereocenters. The summed E-state index contributed by atoms with van der Waals surface area (Å²) in [6, 6.07) is 15.1. The number of nitrogens with zero attached hydrogens (tertiary/aromatic N) is 2. The summed E-state index contributed by atoms with van der Waals surface area (Å²) in [4.78, 5) is 4.19. The maximum Gasteiger partial charge on any atom is 0.416 e. The van der Waals surface area contributed by atoms with Crippen molar-refractivity contribution in [3.05, 3.63) is 84.3 Å². The predicted molar refractivity (Wildman–Crippen MR) is 96.2 cm³/mol. The van der Waals surface area contributed by atoms with E-state index in [1.54, 1.807) is 6.20 Å². The normalized spacial score (nSPS) is 11.8. The van der Waals surface area contributed by atoms with Gasteiger partial charge in [0.1, 0.15) is 0 Å². The highest BCUT2D eigenvalue weighted by Crippen LogP contribution is 2.32. The zero-order chi connectivity index (χ0) is 18.3. The first kappa shape index (κ1) is 16.4. The van der Waals surface area contributed by atoms with Crippen molar-refractivity contribution in [2.75, 3.05) is 0 Å². The lowest BCUT2D eigenvalue weighted by molar-refractivity contribution is -0.137. The van der Waals surface area contributed by atoms with Crippen LogP contribution in [-0.4, -0.2) is 9.55 Å². The van der Waals surface area contributed by atoms with Crippen molar-refractivity contribution in [2.45, 2.75) is 13.1 Å². The van der Waals surface area contributed by atoms with Crippen molar-refractivity contribution in [1.29, 1.82) is 0 Å². The SMILES string of the molecule is Cc1ccncc1-n1ccc2cc(-c3ccc(C(F)(F)F)cc3)ccc21. The van der Waals surface area contributed by atoms with Gasteiger partial charge < -0.3 is 4.57 Å². The van der Waals surface area contributed by atoms with Crippen LogP contribution in [0, 0.1) is 6.92 Å². The molecule has 0 saturated heterocycles. The van der Waals surface area contributed by atoms with Crippen molar-refractivity contribution in [2.24, 2.45) is 0 Å². The van der Waals surface area contributed by atoms with E-state index in [-0.39, 0.29) is 0 Å². The highest BCUT2D eigenvalue weighted by Gasteiger charge is 2.29. The number of hydrogen-bond donors (Lipinski definition) is 0. The smallest absolute Gasteiger partial charge is 0.315 e. The Morgan fingerprint density at radius 2 is 1.62 bits per heavy atom. The summed E-state index contributed by atoms with van der Waals surface area (Å²) in [5, 5.41) is 1.02. The van der Waals surface area contributed by atoms with E-state index in [2.05, 4.69) is 9.55 Å². The standard InChI is InChI=1S/C21H15F3N2/c1-14-8-10-25-13-20(14)26-11-9-17-12-16(4-7-19(17)26)15-2-5-18(6-3-15)21(22,23)24/h2-13H,1H3. The Morgan fingerprint density at radius 1 is 0.885 bits per heavy atom. The Morgan fingerprint density at radius 3 is 2.31 bits per heavy atom. The van der Waals surface area contributed by atoms with E-state index in [1.165, 1.54) is 12.1 Å². The molecule has 0 radical (unpaired) electrons. The zero-order valence-electron chi connectivity index (χ0n) is 14.0. The predicted octanol–water partition coefficient (Wildman–Crippen LogP) is 6.02. The van der Waals surface area contributed by atoms with E-state index in [9.17, 15) is 13.2 Å². The van der Waals surface area contributed by atoms with E-state index in [4.69, 9.17) is 0 Å². The highest BCUT2D eigenvalue weighted by atomic mass is 19.4. The first-order valence-corrected chi connectivity index (χ1v) is 8.13. The largest absolute Gasteiger partial charge is 0.416 e. The molecule has 0 amide bonds. The first-order valence-electron chi connectivity index (χ1n) is 8.13. The van der Waals surface area contributed by atoms with Crippen LogP contribution in [0.1, 0.15) is 11.1 Å². The quantitative estimate of drug-likeness (QED) is 0.431. The van der Waals surface area contributed by atoms with Crippen molar-refractivity contribution >= 4 is 10.9 Å². The van der Waals surface area contributed by atoms with Gasteiger partial charge in [0.15, 0.2) is 0 Å². The summed E-state index contributed by atoms with van der Waals surface area (Å²) in [7, 11) is 0. The second kappa shape index (κ2) is 6.02. The van der Waals surface area contributed by atoms with Crippen LogP contribution in [0.5, 0.6) is 0 Å². The van der Waals surface area contributed by atoms with Gasteiger partial charge in [0, 0.05) is 17.8 Å². The number of aryl methyl sites for hydroxylation is 1. The molecule has 0 fully saturated rings. The van der Waals surface area contributed by atoms with E-state index >= 15 is 0 Å². The molecule has 5 heteroatoms. The fourth-order valence-electron chi connectivity index (χ4n) is 3.09. The molecule has 130 valence electrons. The molecule has 0 aliphatic carbocycles. The molecule has 0 saturated carbocycles. The van der Waals surface area contributed by atoms with Gasteiger partial charge in [-0.25, -0.2) is 0 Å². The number of aromatic nitrogens is 2. The summed E-state index contributed by atoms with van der Waals surface area (Å²) in [6.07, 6.45) is 1.23. The molecule has 2 aromatic heterocycles. The van der Waals surface area contributed by atoms with E-state index in [1.807, 2.05) is 49.6 Å². The minimum atomic E-state index is -4.32. The van der Waals surface area contributed by atoms with E-state index in [0.29, 0.717) is 0 Å². The summed E-state index contributed by atoms with van der Waals surface area (Å²) in [6.45, 7) is 2.03. The number of fused-ring (bicyclic) bond motifs is 1. The molecular weight excluding hydrogens is 337 g/mol. The fraction of sp³-hybridized carbons (Fsp3) is 0.0952. The van der Waals surface area contributed by atoms with Gasteiger partial charge in [-0.3, -0.25) is 4.98 Å². The molecule has 2 aromatic carbocycles. The topological polar surface area (TPSA) is 17.8 Å². The minimum absolute atomic E-state index is 0.638. The van der Waals surface area contributed by atoms with Crippen molar-refractivity contribution < 1.29 is 13.2 Å². The third-order valence-electron chi connectivity index (χ3n) is 4.51. The molecule has 0 bridgehead atoms. The van der Waals surface area contributed by atoms with Crippen LogP contribution in [0.2, 0.25) is 0 Å². The molecule has 4 aromatic rings. The first-order chi connectivity index (χ1) is 12.4. The molecule has 0 atom stereocenters. The van der Waals surface area contributed by atoms with Gasteiger partial charge in [-0.05, 0) is 60.0 Å². The lowest BCUT2D eigenvalue weighted by Crippen LogP contribution is -2.03. The summed E-state index contributed by atoms with van der Waals surface area (Å²) in [5.74, 6) is 0. The molecule has 2 heterocycles. The van der Waals surface area contributed by atoms with Gasteiger partial charge in [-0.1, -0.05) is 18.2 Å². The molecule has 2 nitrogen and oxygen atoms in total. The van der Waals surface area contributed by atoms with Gasteiger partial charge in [-0.2, -0.15) is 13.2 Å². The Labute approximate surface area is 148 Å². The second-order valence-electron chi connectivity index (χ2n) is 6.20. The Hall–Kier alpha value is -3.08. The molecule has 0 aliphatic rings. The number of pyridine rings is 1. The maximum absolute atomic E-state index is 12.7. The average Bonchev–Trinajstić information content (AvgIpc) is 3.04. The highest BCUT2D eigenvalue weighted by molar-refractivity contribution is 5.87. The number of halogens is 3. The number of alkyl halides is 3. The molecule has 0 spiro atoms. The van der Waals surface area contributed by atoms with Crippen molar-refractivity contribution in [3.8, 4) is 16.8 Å². The molecule has 0 N–H and O–H groups in total. The van der Waals surface area contributed by atoms with E-state index in [0.717, 1.165) is 45.4 Å². The van der Waals surface area contributed by atoms with Gasteiger partial charge in [0.25, 0.3) is 0 Å². The van der Waals surface area contributed by atoms with Crippen molar-refractivity contribution in [1.82, 2.24) is 9.55 Å². The lowest BCUT2D eigenvalue weighted by Gasteiger charge is -2.10. The third-order valence-corrected chi connectivity index (χ3v) is 4.51. The minimum Gasteiger partial charge on any atom is -0.315 e. The number of hydrogen-bond acceptors (Lipinski definition) is 1. The monoisotopic (exact) mass is 352 g/mol. The Bertz CT molecular complexity index is 1080. The molecule has 26 heavy (non-hydrogen) atoms. The summed E-state index contributed by atoms with van der Waals surface area (Å²) < 4.78 is 40.2. The lowest BCUT2D eigenvalue weighted by atomic mass is 10.0. The summed E-state index contributed by atoms with van der Waals surface area (Å²) >= 11 is 0. The molecule has 4 rings (SSSR count). The Balaban J connectivity index is 1.75.